The van der Waals surface area contributed by atoms with Crippen LogP contribution in [0.5, 0.6) is 0 Å². The molecule has 0 saturated carbocycles. The first-order valence-electron chi connectivity index (χ1n) is 10.0. The Morgan fingerprint density at radius 3 is 2.28 bits per heavy atom. The Morgan fingerprint density at radius 1 is 1.09 bits per heavy atom. The molecule has 0 atom stereocenters. The van der Waals surface area contributed by atoms with Gasteiger partial charge in [0.15, 0.2) is 0 Å². The summed E-state index contributed by atoms with van der Waals surface area (Å²) in [5.41, 5.74) is 13.8. The van der Waals surface area contributed by atoms with Gasteiger partial charge in [0.2, 0.25) is 11.9 Å². The highest BCUT2D eigenvalue weighted by atomic mass is 32.3. The molecule has 8 nitrogen and oxygen atoms in total. The van der Waals surface area contributed by atoms with Crippen molar-refractivity contribution in [3.05, 3.63) is 59.2 Å². The number of nitrogens with zero attached hydrogens (tertiary/aromatic N) is 3. The summed E-state index contributed by atoms with van der Waals surface area (Å²) in [4.78, 5) is 22.2. The number of guanidine groups is 2. The Morgan fingerprint density at radius 2 is 1.72 bits per heavy atom. The molecule has 4 N–H and O–H groups in total. The molecule has 10 heteroatoms. The quantitative estimate of drug-likeness (QED) is 0.612. The minimum Gasteiger partial charge on any atom is -0.369 e. The van der Waals surface area contributed by atoms with Crippen LogP contribution in [-0.4, -0.2) is 31.8 Å². The molecule has 0 bridgehead atoms. The van der Waals surface area contributed by atoms with Crippen molar-refractivity contribution in [3.63, 3.8) is 0 Å². The molecule has 1 heterocycles. The van der Waals surface area contributed by atoms with E-state index < -0.39 is 15.9 Å². The molecule has 0 saturated heterocycles. The van der Waals surface area contributed by atoms with E-state index >= 15 is 0 Å². The van der Waals surface area contributed by atoms with Gasteiger partial charge >= 0.3 is 10.2 Å². The van der Waals surface area contributed by atoms with Crippen LogP contribution in [0.3, 0.4) is 0 Å². The zero-order chi connectivity index (χ0) is 23.7. The number of carbonyl (C=O) groups excluding carboxylic acids is 1. The van der Waals surface area contributed by atoms with Crippen molar-refractivity contribution in [2.75, 3.05) is 4.90 Å². The fourth-order valence-electron chi connectivity index (χ4n) is 3.76. The molecule has 0 spiro atoms. The number of aryl methyl sites for hydroxylation is 2. The topological polar surface area (TPSA) is 131 Å². The van der Waals surface area contributed by atoms with Gasteiger partial charge in [-0.05, 0) is 62.1 Å². The van der Waals surface area contributed by atoms with Gasteiger partial charge in [0, 0.05) is 18.5 Å². The summed E-state index contributed by atoms with van der Waals surface area (Å²) in [6, 6.07) is 11.8. The van der Waals surface area contributed by atoms with Crippen molar-refractivity contribution >= 4 is 33.6 Å². The number of carbonyl (C=O) groups is 1. The smallest absolute Gasteiger partial charge is 0.332 e. The molecule has 170 valence electrons. The van der Waals surface area contributed by atoms with Gasteiger partial charge in [-0.3, -0.25) is 9.69 Å². The maximum atomic E-state index is 13.2. The van der Waals surface area contributed by atoms with Crippen molar-refractivity contribution in [2.24, 2.45) is 21.5 Å². The van der Waals surface area contributed by atoms with Crippen molar-refractivity contribution in [3.8, 4) is 0 Å². The second-order valence-electron chi connectivity index (χ2n) is 8.19. The Labute approximate surface area is 187 Å². The van der Waals surface area contributed by atoms with Crippen LogP contribution in [0.15, 0.2) is 57.3 Å². The molecule has 1 aliphatic rings. The monoisotopic (exact) mass is 459 g/mol. The van der Waals surface area contributed by atoms with Gasteiger partial charge < -0.3 is 11.5 Å². The van der Waals surface area contributed by atoms with E-state index in [9.17, 15) is 17.1 Å². The summed E-state index contributed by atoms with van der Waals surface area (Å²) in [5.74, 6) is 0.394. The van der Waals surface area contributed by atoms with E-state index in [1.54, 1.807) is 4.90 Å². The second-order valence-corrected chi connectivity index (χ2v) is 9.50. The number of anilines is 1. The van der Waals surface area contributed by atoms with E-state index in [4.69, 9.17) is 11.5 Å². The lowest BCUT2D eigenvalue weighted by Gasteiger charge is -2.38. The third-order valence-corrected chi connectivity index (χ3v) is 6.17. The van der Waals surface area contributed by atoms with Crippen molar-refractivity contribution in [1.82, 2.24) is 0 Å². The number of hydrogen-bond acceptors (Lipinski definition) is 8. The minimum absolute atomic E-state index is 0.00249. The Bertz CT molecular complexity index is 1200. The van der Waals surface area contributed by atoms with Crippen molar-refractivity contribution in [2.45, 2.75) is 50.6 Å². The highest BCUT2D eigenvalue weighted by Crippen LogP contribution is 2.28. The molecule has 2 aromatic rings. The lowest BCUT2D eigenvalue weighted by molar-refractivity contribution is -0.118. The summed E-state index contributed by atoms with van der Waals surface area (Å²) in [5, 5.41) is 0. The molecule has 0 unspecified atom stereocenters. The van der Waals surface area contributed by atoms with Crippen LogP contribution in [0, 0.1) is 6.92 Å². The molecule has 32 heavy (non-hydrogen) atoms. The van der Waals surface area contributed by atoms with E-state index in [0.29, 0.717) is 18.4 Å². The Kier molecular flexibility index (Phi) is 6.36. The lowest BCUT2D eigenvalue weighted by Crippen LogP contribution is -2.54. The molecule has 1 aliphatic heterocycles. The first-order chi connectivity index (χ1) is 14.9. The molecule has 0 fully saturated rings. The van der Waals surface area contributed by atoms with Crippen LogP contribution in [0.25, 0.3) is 0 Å². The van der Waals surface area contributed by atoms with Gasteiger partial charge in [0.1, 0.15) is 16.3 Å². The van der Waals surface area contributed by atoms with Gasteiger partial charge in [-0.1, -0.05) is 24.3 Å². The summed E-state index contributed by atoms with van der Waals surface area (Å²) in [6.45, 7) is 5.26. The van der Waals surface area contributed by atoms with Crippen LogP contribution in [0.1, 0.15) is 37.0 Å². The predicted octanol–water partition coefficient (Wildman–Crippen LogP) is 2.58. The Balaban J connectivity index is 1.62. The van der Waals surface area contributed by atoms with E-state index in [2.05, 4.69) is 9.98 Å². The van der Waals surface area contributed by atoms with Crippen LogP contribution in [0.2, 0.25) is 0 Å². The number of nitrogens with two attached hydrogens (primary N) is 2. The van der Waals surface area contributed by atoms with Gasteiger partial charge in [0.05, 0.1) is 0 Å². The van der Waals surface area contributed by atoms with Gasteiger partial charge in [-0.15, -0.1) is 3.89 Å². The Hall–Kier alpha value is -3.27. The highest BCUT2D eigenvalue weighted by molar-refractivity contribution is 7.86. The molecular weight excluding hydrogens is 433 g/mol. The molecule has 0 aromatic heterocycles. The van der Waals surface area contributed by atoms with Crippen LogP contribution in [0.4, 0.5) is 9.57 Å². The van der Waals surface area contributed by atoms with E-state index in [1.165, 1.54) is 25.1 Å². The molecule has 3 rings (SSSR count). The predicted molar refractivity (Wildman–Crippen MR) is 123 cm³/mol. The summed E-state index contributed by atoms with van der Waals surface area (Å²) < 4.78 is 35.3. The summed E-state index contributed by atoms with van der Waals surface area (Å²) >= 11 is 0. The molecular formula is C22H26FN5O3S. The number of aliphatic imine (C=N–C) groups is 2. The number of Topliss-reactive ketones (excluding diaryl/α,β-unsaturated/α-hetero) is 1. The number of rotatable bonds is 7. The van der Waals surface area contributed by atoms with Crippen LogP contribution < -0.4 is 16.4 Å². The summed E-state index contributed by atoms with van der Waals surface area (Å²) in [7, 11) is -4.77. The van der Waals surface area contributed by atoms with Gasteiger partial charge in [0.25, 0.3) is 0 Å². The molecule has 0 amide bonds. The molecule has 0 radical (unpaired) electrons. The van der Waals surface area contributed by atoms with Gasteiger partial charge in [-0.2, -0.15) is 13.4 Å². The van der Waals surface area contributed by atoms with Gasteiger partial charge in [-0.25, -0.2) is 4.99 Å². The average Bonchev–Trinajstić information content (AvgIpc) is 2.65. The number of hydrogen-bond donors (Lipinski definition) is 2. The molecule has 2 aromatic carbocycles. The zero-order valence-electron chi connectivity index (χ0n) is 18.2. The van der Waals surface area contributed by atoms with E-state index in [1.807, 2.05) is 38.1 Å². The summed E-state index contributed by atoms with van der Waals surface area (Å²) in [6.07, 6.45) is 1.02. The first kappa shape index (κ1) is 23.4. The average molecular weight is 460 g/mol. The van der Waals surface area contributed by atoms with Crippen molar-refractivity contribution < 1.29 is 17.1 Å². The third kappa shape index (κ3) is 5.31. The first-order valence-corrected chi connectivity index (χ1v) is 11.4. The fourth-order valence-corrected chi connectivity index (χ4v) is 4.43. The minimum atomic E-state index is -4.77. The standard InChI is InChI=1S/C22H26FN5O3S/c1-14-12-16(7-11-19(14)32(23,30)31)13-18(29)10-6-15-4-8-17(9-5-15)28-21(25)26-20(24)27-22(28,2)3/h4-5,7-9,11-12H,6,10,13H2,1-3H3,(H4,24,25,26,27). The van der Waals surface area contributed by atoms with E-state index in [-0.39, 0.29) is 34.6 Å². The van der Waals surface area contributed by atoms with E-state index in [0.717, 1.165) is 11.3 Å². The number of ketones is 1. The zero-order valence-corrected chi connectivity index (χ0v) is 19.0. The fraction of sp³-hybridized carbons (Fsp3) is 0.318. The van der Waals surface area contributed by atoms with Crippen molar-refractivity contribution in [1.29, 1.82) is 0 Å². The normalized spacial score (nSPS) is 15.8. The maximum Gasteiger partial charge on any atom is 0.332 e. The lowest BCUT2D eigenvalue weighted by atomic mass is 10.0. The third-order valence-electron chi connectivity index (χ3n) is 5.18. The SMILES string of the molecule is Cc1cc(CC(=O)CCc2ccc(N3C(N)=NC(N)=NC3(C)C)cc2)ccc1S(=O)(=O)F. The highest BCUT2D eigenvalue weighted by Gasteiger charge is 2.32. The number of benzene rings is 2. The molecule has 0 aliphatic carbocycles. The number of halogens is 1. The van der Waals surface area contributed by atoms with Crippen LogP contribution >= 0.6 is 0 Å². The largest absolute Gasteiger partial charge is 0.369 e. The van der Waals surface area contributed by atoms with Crippen LogP contribution in [-0.2, 0) is 27.9 Å². The second kappa shape index (κ2) is 8.70. The maximum absolute atomic E-state index is 13.2.